The van der Waals surface area contributed by atoms with Crippen molar-refractivity contribution < 1.29 is 27.5 Å². The van der Waals surface area contributed by atoms with Crippen LogP contribution in [-0.2, 0) is 10.0 Å². The van der Waals surface area contributed by atoms with Gasteiger partial charge < -0.3 is 5.11 Å². The second kappa shape index (κ2) is 8.63. The van der Waals surface area contributed by atoms with Crippen molar-refractivity contribution in [1.29, 1.82) is 0 Å². The summed E-state index contributed by atoms with van der Waals surface area (Å²) < 4.78 is 40.4. The SMILES string of the molecule is O=C(C=C(O)c1nc[nH]n1)c1cc(C(=O)c2ccccc2)n(S(=O)(=O)c2ccc(F)cc2)c1. The van der Waals surface area contributed by atoms with Gasteiger partial charge in [0.05, 0.1) is 4.90 Å². The van der Waals surface area contributed by atoms with Gasteiger partial charge >= 0.3 is 0 Å². The van der Waals surface area contributed by atoms with E-state index in [1.165, 1.54) is 18.5 Å². The largest absolute Gasteiger partial charge is 0.504 e. The molecule has 0 aliphatic rings. The zero-order chi connectivity index (χ0) is 23.6. The van der Waals surface area contributed by atoms with E-state index in [4.69, 9.17) is 0 Å². The van der Waals surface area contributed by atoms with Crippen molar-refractivity contribution in [2.45, 2.75) is 4.90 Å². The van der Waals surface area contributed by atoms with Gasteiger partial charge in [-0.25, -0.2) is 21.8 Å². The number of nitrogens with zero attached hydrogens (tertiary/aromatic N) is 3. The number of aliphatic hydroxyl groups is 1. The molecule has 0 fully saturated rings. The van der Waals surface area contributed by atoms with E-state index in [1.807, 2.05) is 0 Å². The molecule has 0 spiro atoms. The second-order valence-corrected chi connectivity index (χ2v) is 8.60. The average Bonchev–Trinajstić information content (AvgIpc) is 3.50. The van der Waals surface area contributed by atoms with Crippen molar-refractivity contribution in [2.24, 2.45) is 0 Å². The molecule has 0 atom stereocenters. The molecule has 0 saturated heterocycles. The normalized spacial score (nSPS) is 12.0. The summed E-state index contributed by atoms with van der Waals surface area (Å²) in [5.41, 5.74) is -0.286. The molecule has 4 aromatic rings. The Bertz CT molecular complexity index is 1460. The van der Waals surface area contributed by atoms with Crippen molar-refractivity contribution in [3.8, 4) is 0 Å². The van der Waals surface area contributed by atoms with E-state index in [0.29, 0.717) is 3.97 Å². The molecular weight excluding hydrogens is 451 g/mol. The number of ketones is 2. The van der Waals surface area contributed by atoms with E-state index in [9.17, 15) is 27.5 Å². The molecule has 0 aliphatic carbocycles. The highest BCUT2D eigenvalue weighted by molar-refractivity contribution is 7.90. The predicted molar refractivity (Wildman–Crippen MR) is 115 cm³/mol. The van der Waals surface area contributed by atoms with Crippen LogP contribution in [0.5, 0.6) is 0 Å². The van der Waals surface area contributed by atoms with Crippen LogP contribution >= 0.6 is 0 Å². The summed E-state index contributed by atoms with van der Waals surface area (Å²) >= 11 is 0. The Morgan fingerprint density at radius 3 is 2.36 bits per heavy atom. The topological polar surface area (TPSA) is 135 Å². The Labute approximate surface area is 186 Å². The van der Waals surface area contributed by atoms with Crippen LogP contribution in [0.2, 0.25) is 0 Å². The van der Waals surface area contributed by atoms with Crippen LogP contribution < -0.4 is 0 Å². The molecule has 2 aromatic carbocycles. The number of allylic oxidation sites excluding steroid dienone is 1. The third-order valence-electron chi connectivity index (χ3n) is 4.62. The maximum atomic E-state index is 13.3. The fourth-order valence-electron chi connectivity index (χ4n) is 3.01. The van der Waals surface area contributed by atoms with Gasteiger partial charge in [-0.3, -0.25) is 14.7 Å². The third kappa shape index (κ3) is 4.34. The van der Waals surface area contributed by atoms with Gasteiger partial charge in [0.25, 0.3) is 10.0 Å². The quantitative estimate of drug-likeness (QED) is 0.243. The van der Waals surface area contributed by atoms with Gasteiger partial charge in [0.1, 0.15) is 17.8 Å². The van der Waals surface area contributed by atoms with Crippen molar-refractivity contribution in [3.63, 3.8) is 0 Å². The van der Waals surface area contributed by atoms with Gasteiger partial charge in [-0.15, -0.1) is 0 Å². The van der Waals surface area contributed by atoms with Crippen LogP contribution in [0.4, 0.5) is 4.39 Å². The molecule has 0 unspecified atom stereocenters. The van der Waals surface area contributed by atoms with E-state index in [-0.39, 0.29) is 27.5 Å². The second-order valence-electron chi connectivity index (χ2n) is 6.78. The Morgan fingerprint density at radius 1 is 1.03 bits per heavy atom. The number of aliphatic hydroxyl groups excluding tert-OH is 1. The van der Waals surface area contributed by atoms with Gasteiger partial charge in [0, 0.05) is 23.4 Å². The van der Waals surface area contributed by atoms with E-state index >= 15 is 0 Å². The van der Waals surface area contributed by atoms with Crippen LogP contribution in [0, 0.1) is 5.82 Å². The Kier molecular flexibility index (Phi) is 5.71. The number of carbonyl (C=O) groups is 2. The zero-order valence-corrected chi connectivity index (χ0v) is 17.5. The summed E-state index contributed by atoms with van der Waals surface area (Å²) in [6.45, 7) is 0. The zero-order valence-electron chi connectivity index (χ0n) is 16.7. The number of benzene rings is 2. The molecule has 33 heavy (non-hydrogen) atoms. The highest BCUT2D eigenvalue weighted by atomic mass is 32.2. The Morgan fingerprint density at radius 2 is 1.73 bits per heavy atom. The molecule has 11 heteroatoms. The summed E-state index contributed by atoms with van der Waals surface area (Å²) in [6, 6.07) is 13.1. The van der Waals surface area contributed by atoms with E-state index in [1.54, 1.807) is 18.2 Å². The molecule has 166 valence electrons. The van der Waals surface area contributed by atoms with Crippen LogP contribution in [0.15, 0.2) is 84.2 Å². The van der Waals surface area contributed by atoms with Crippen LogP contribution in [0.1, 0.15) is 32.2 Å². The van der Waals surface area contributed by atoms with Crippen molar-refractivity contribution in [2.75, 3.05) is 0 Å². The number of rotatable bonds is 7. The van der Waals surface area contributed by atoms with E-state index in [0.717, 1.165) is 42.6 Å². The minimum Gasteiger partial charge on any atom is -0.504 e. The molecule has 2 heterocycles. The molecule has 2 N–H and O–H groups in total. The van der Waals surface area contributed by atoms with E-state index in [2.05, 4.69) is 15.2 Å². The molecule has 0 bridgehead atoms. The maximum Gasteiger partial charge on any atom is 0.268 e. The first-order valence-corrected chi connectivity index (χ1v) is 10.9. The summed E-state index contributed by atoms with van der Waals surface area (Å²) in [5.74, 6) is -2.76. The lowest BCUT2D eigenvalue weighted by Gasteiger charge is -2.10. The predicted octanol–water partition coefficient (Wildman–Crippen LogP) is 3.00. The van der Waals surface area contributed by atoms with E-state index < -0.39 is 33.2 Å². The first-order valence-electron chi connectivity index (χ1n) is 9.42. The van der Waals surface area contributed by atoms with Gasteiger partial charge in [-0.2, -0.15) is 5.10 Å². The Hall–Kier alpha value is -4.38. The molecule has 4 rings (SSSR count). The van der Waals surface area contributed by atoms with Gasteiger partial charge in [-0.05, 0) is 30.3 Å². The number of hydrogen-bond donors (Lipinski definition) is 2. The average molecular weight is 466 g/mol. The smallest absolute Gasteiger partial charge is 0.268 e. The fourth-order valence-corrected chi connectivity index (χ4v) is 4.36. The highest BCUT2D eigenvalue weighted by Gasteiger charge is 2.27. The number of aromatic amines is 1. The fraction of sp³-hybridized carbons (Fsp3) is 0. The van der Waals surface area contributed by atoms with Crippen molar-refractivity contribution >= 4 is 27.3 Å². The minimum absolute atomic E-state index is 0.137. The number of nitrogens with one attached hydrogen (secondary N) is 1. The lowest BCUT2D eigenvalue weighted by atomic mass is 10.1. The first kappa shape index (κ1) is 21.8. The molecule has 0 saturated carbocycles. The maximum absolute atomic E-state index is 13.3. The summed E-state index contributed by atoms with van der Waals surface area (Å²) in [4.78, 5) is 29.2. The first-order chi connectivity index (χ1) is 15.8. The van der Waals surface area contributed by atoms with Gasteiger partial charge in [0.2, 0.25) is 11.6 Å². The molecule has 2 aromatic heterocycles. The molecule has 0 aliphatic heterocycles. The highest BCUT2D eigenvalue weighted by Crippen LogP contribution is 2.23. The minimum atomic E-state index is -4.36. The summed E-state index contributed by atoms with van der Waals surface area (Å²) in [6.07, 6.45) is 2.98. The van der Waals surface area contributed by atoms with Crippen molar-refractivity contribution in [1.82, 2.24) is 19.2 Å². The lowest BCUT2D eigenvalue weighted by Crippen LogP contribution is -2.18. The number of H-pyrrole nitrogens is 1. The molecular formula is C22H15FN4O5S. The molecule has 9 nitrogen and oxygen atoms in total. The molecule has 0 amide bonds. The summed E-state index contributed by atoms with van der Waals surface area (Å²) in [5, 5.41) is 16.1. The number of halogens is 1. The van der Waals surface area contributed by atoms with Crippen molar-refractivity contribution in [3.05, 3.63) is 108 Å². The lowest BCUT2D eigenvalue weighted by molar-refractivity contribution is 0.103. The standard InChI is InChI=1S/C22H15FN4O5S/c23-16-6-8-17(9-7-16)33(31,32)27-12-15(19(28)11-20(29)22-24-13-25-26-22)10-18(27)21(30)14-4-2-1-3-5-14/h1-13,29H,(H,24,25,26). The van der Waals surface area contributed by atoms with Crippen LogP contribution in [-0.4, -0.2) is 44.2 Å². The molecule has 0 radical (unpaired) electrons. The summed E-state index contributed by atoms with van der Waals surface area (Å²) in [7, 11) is -4.36. The van der Waals surface area contributed by atoms with Crippen LogP contribution in [0.25, 0.3) is 5.76 Å². The third-order valence-corrected chi connectivity index (χ3v) is 6.31. The number of aromatic nitrogens is 4. The Balaban J connectivity index is 1.83. The number of hydrogen-bond acceptors (Lipinski definition) is 7. The van der Waals surface area contributed by atoms with Gasteiger partial charge in [0.15, 0.2) is 11.5 Å². The van der Waals surface area contributed by atoms with Crippen LogP contribution in [0.3, 0.4) is 0 Å². The van der Waals surface area contributed by atoms with Gasteiger partial charge in [-0.1, -0.05) is 30.3 Å². The number of carbonyl (C=O) groups excluding carboxylic acids is 2. The monoisotopic (exact) mass is 466 g/mol.